The van der Waals surface area contributed by atoms with Crippen molar-refractivity contribution in [1.29, 1.82) is 0 Å². The van der Waals surface area contributed by atoms with Gasteiger partial charge in [0.1, 0.15) is 0 Å². The molecule has 3 rings (SSSR count). The van der Waals surface area contributed by atoms with E-state index in [0.717, 1.165) is 50.8 Å². The molecule has 1 N–H and O–H groups in total. The van der Waals surface area contributed by atoms with Crippen molar-refractivity contribution in [2.45, 2.75) is 50.0 Å². The molecule has 1 saturated carbocycles. The summed E-state index contributed by atoms with van der Waals surface area (Å²) in [7, 11) is -3.52. The van der Waals surface area contributed by atoms with Gasteiger partial charge in [-0.3, -0.25) is 4.79 Å². The van der Waals surface area contributed by atoms with Crippen molar-refractivity contribution in [2.75, 3.05) is 13.1 Å². The van der Waals surface area contributed by atoms with E-state index in [-0.39, 0.29) is 16.8 Å². The van der Waals surface area contributed by atoms with Crippen molar-refractivity contribution in [1.82, 2.24) is 9.62 Å². The molecule has 1 amide bonds. The number of carbonyl (C=O) groups excluding carboxylic acids is 1. The third kappa shape index (κ3) is 3.33. The van der Waals surface area contributed by atoms with Crippen molar-refractivity contribution in [2.24, 2.45) is 0 Å². The summed E-state index contributed by atoms with van der Waals surface area (Å²) in [5.74, 6) is -0.0549. The number of likely N-dealkylation sites (tertiary alicyclic amines) is 1. The molecule has 22 heavy (non-hydrogen) atoms. The smallest absolute Gasteiger partial charge is 0.254 e. The molecule has 1 aliphatic carbocycles. The van der Waals surface area contributed by atoms with Gasteiger partial charge in [-0.05, 0) is 56.7 Å². The van der Waals surface area contributed by atoms with E-state index in [9.17, 15) is 13.2 Å². The highest BCUT2D eigenvalue weighted by Gasteiger charge is 2.29. The Balaban J connectivity index is 1.87. The van der Waals surface area contributed by atoms with Gasteiger partial charge in [0.05, 0.1) is 4.90 Å². The SMILES string of the molecule is Cc1ccc(S(=O)(=O)NC2CC2)cc1C(=O)N1CCCCC1. The van der Waals surface area contributed by atoms with Crippen LogP contribution in [0.2, 0.25) is 0 Å². The average molecular weight is 322 g/mol. The van der Waals surface area contributed by atoms with Crippen molar-refractivity contribution in [3.05, 3.63) is 29.3 Å². The highest BCUT2D eigenvalue weighted by Crippen LogP contribution is 2.24. The first kappa shape index (κ1) is 15.5. The number of hydrogen-bond donors (Lipinski definition) is 1. The molecular weight excluding hydrogens is 300 g/mol. The second kappa shape index (κ2) is 6.01. The van der Waals surface area contributed by atoms with Gasteiger partial charge in [0.2, 0.25) is 10.0 Å². The summed E-state index contributed by atoms with van der Waals surface area (Å²) in [6.07, 6.45) is 4.98. The summed E-state index contributed by atoms with van der Waals surface area (Å²) < 4.78 is 27.3. The summed E-state index contributed by atoms with van der Waals surface area (Å²) in [5, 5.41) is 0. The molecule has 0 atom stereocenters. The Labute approximate surface area is 131 Å². The van der Waals surface area contributed by atoms with Gasteiger partial charge in [-0.15, -0.1) is 0 Å². The fraction of sp³-hybridized carbons (Fsp3) is 0.562. The van der Waals surface area contributed by atoms with E-state index in [2.05, 4.69) is 4.72 Å². The average Bonchev–Trinajstić information content (AvgIpc) is 3.31. The predicted octanol–water partition coefficient (Wildman–Crippen LogP) is 2.06. The third-order valence-corrected chi connectivity index (χ3v) is 5.81. The standard InChI is InChI=1S/C16H22N2O3S/c1-12-5-8-14(22(20,21)17-13-6-7-13)11-15(12)16(19)18-9-3-2-4-10-18/h5,8,11,13,17H,2-4,6-7,9-10H2,1H3. The molecule has 5 nitrogen and oxygen atoms in total. The van der Waals surface area contributed by atoms with Gasteiger partial charge in [-0.2, -0.15) is 0 Å². The van der Waals surface area contributed by atoms with E-state index < -0.39 is 10.0 Å². The molecule has 6 heteroatoms. The number of rotatable bonds is 4. The van der Waals surface area contributed by atoms with Crippen molar-refractivity contribution in [3.8, 4) is 0 Å². The topological polar surface area (TPSA) is 66.5 Å². The van der Waals surface area contributed by atoms with E-state index in [0.29, 0.717) is 5.56 Å². The number of nitrogens with one attached hydrogen (secondary N) is 1. The Bertz CT molecular complexity index is 675. The molecule has 0 radical (unpaired) electrons. The third-order valence-electron chi connectivity index (χ3n) is 4.29. The number of carbonyl (C=O) groups is 1. The predicted molar refractivity (Wildman–Crippen MR) is 84.3 cm³/mol. The number of aryl methyl sites for hydroxylation is 1. The lowest BCUT2D eigenvalue weighted by Crippen LogP contribution is -2.36. The Morgan fingerprint density at radius 1 is 1.18 bits per heavy atom. The Hall–Kier alpha value is -1.40. The molecule has 2 fully saturated rings. The van der Waals surface area contributed by atoms with Crippen molar-refractivity contribution in [3.63, 3.8) is 0 Å². The molecule has 1 saturated heterocycles. The maximum Gasteiger partial charge on any atom is 0.254 e. The highest BCUT2D eigenvalue weighted by atomic mass is 32.2. The molecule has 0 bridgehead atoms. The molecule has 120 valence electrons. The van der Waals surface area contributed by atoms with Crippen LogP contribution in [0.1, 0.15) is 48.0 Å². The maximum atomic E-state index is 12.6. The number of piperidine rings is 1. The molecule has 1 aliphatic heterocycles. The van der Waals surface area contributed by atoms with Crippen LogP contribution >= 0.6 is 0 Å². The van der Waals surface area contributed by atoms with Crippen LogP contribution in [0.3, 0.4) is 0 Å². The zero-order chi connectivity index (χ0) is 15.7. The van der Waals surface area contributed by atoms with E-state index in [1.807, 2.05) is 11.8 Å². The molecular formula is C16H22N2O3S. The zero-order valence-electron chi connectivity index (χ0n) is 12.8. The largest absolute Gasteiger partial charge is 0.339 e. The molecule has 2 aliphatic rings. The van der Waals surface area contributed by atoms with Crippen LogP contribution in [0.4, 0.5) is 0 Å². The summed E-state index contributed by atoms with van der Waals surface area (Å²) in [6, 6.07) is 4.88. The van der Waals surface area contributed by atoms with Crippen LogP contribution in [0, 0.1) is 6.92 Å². The fourth-order valence-corrected chi connectivity index (χ4v) is 4.09. The van der Waals surface area contributed by atoms with Gasteiger partial charge in [0.15, 0.2) is 0 Å². The number of sulfonamides is 1. The lowest BCUT2D eigenvalue weighted by atomic mass is 10.1. The van der Waals surface area contributed by atoms with Gasteiger partial charge in [0.25, 0.3) is 5.91 Å². The molecule has 1 aromatic rings. The van der Waals surface area contributed by atoms with E-state index in [4.69, 9.17) is 0 Å². The van der Waals surface area contributed by atoms with Crippen LogP contribution in [0.5, 0.6) is 0 Å². The number of hydrogen-bond acceptors (Lipinski definition) is 3. The molecule has 1 aromatic carbocycles. The van der Waals surface area contributed by atoms with E-state index in [1.165, 1.54) is 6.07 Å². The first-order chi connectivity index (χ1) is 10.5. The van der Waals surface area contributed by atoms with E-state index >= 15 is 0 Å². The summed E-state index contributed by atoms with van der Waals surface area (Å²) in [5.41, 5.74) is 1.32. The van der Waals surface area contributed by atoms with E-state index in [1.54, 1.807) is 12.1 Å². The Morgan fingerprint density at radius 2 is 1.86 bits per heavy atom. The lowest BCUT2D eigenvalue weighted by molar-refractivity contribution is 0.0723. The van der Waals surface area contributed by atoms with Crippen molar-refractivity contribution < 1.29 is 13.2 Å². The van der Waals surface area contributed by atoms with Crippen LogP contribution in [0.25, 0.3) is 0 Å². The summed E-state index contributed by atoms with van der Waals surface area (Å²) in [6.45, 7) is 3.37. The molecule has 0 spiro atoms. The summed E-state index contributed by atoms with van der Waals surface area (Å²) >= 11 is 0. The molecule has 1 heterocycles. The monoisotopic (exact) mass is 322 g/mol. The maximum absolute atomic E-state index is 12.6. The first-order valence-electron chi connectivity index (χ1n) is 7.89. The quantitative estimate of drug-likeness (QED) is 0.923. The first-order valence-corrected chi connectivity index (χ1v) is 9.38. The van der Waals surface area contributed by atoms with Crippen LogP contribution in [-0.2, 0) is 10.0 Å². The van der Waals surface area contributed by atoms with Crippen LogP contribution in [0.15, 0.2) is 23.1 Å². The normalized spacial score (nSPS) is 19.2. The number of amides is 1. The molecule has 0 aromatic heterocycles. The lowest BCUT2D eigenvalue weighted by Gasteiger charge is -2.27. The minimum Gasteiger partial charge on any atom is -0.339 e. The second-order valence-corrected chi connectivity index (χ2v) is 7.94. The van der Waals surface area contributed by atoms with Gasteiger partial charge in [-0.1, -0.05) is 6.07 Å². The fourth-order valence-electron chi connectivity index (χ4n) is 2.75. The summed E-state index contributed by atoms with van der Waals surface area (Å²) in [4.78, 5) is 14.7. The Morgan fingerprint density at radius 3 is 2.50 bits per heavy atom. The number of benzene rings is 1. The van der Waals surface area contributed by atoms with Gasteiger partial charge in [-0.25, -0.2) is 13.1 Å². The number of nitrogens with zero attached hydrogens (tertiary/aromatic N) is 1. The van der Waals surface area contributed by atoms with Crippen molar-refractivity contribution >= 4 is 15.9 Å². The van der Waals surface area contributed by atoms with Crippen LogP contribution < -0.4 is 4.72 Å². The highest BCUT2D eigenvalue weighted by molar-refractivity contribution is 7.89. The minimum absolute atomic E-state index is 0.0549. The van der Waals surface area contributed by atoms with Crippen LogP contribution in [-0.4, -0.2) is 38.4 Å². The van der Waals surface area contributed by atoms with Gasteiger partial charge < -0.3 is 4.90 Å². The molecule has 0 unspecified atom stereocenters. The van der Waals surface area contributed by atoms with Gasteiger partial charge in [0, 0.05) is 24.7 Å². The zero-order valence-corrected chi connectivity index (χ0v) is 13.7. The Kier molecular flexibility index (Phi) is 4.23. The minimum atomic E-state index is -3.52. The van der Waals surface area contributed by atoms with Gasteiger partial charge >= 0.3 is 0 Å². The second-order valence-electron chi connectivity index (χ2n) is 6.23.